The standard InChI is InChI=1S/C23H26N6O2S2/c1-29(2)13-12-25-23-27-21(26-14-16-8-10-18(11-9-16)33(24,30)31)20-19(15-32-22(20)28-23)17-6-4-3-5-7-17/h3-11,15H,12-14H2,1-2H3,(H2,24,30,31)(H2,25,26,27,28). The molecule has 0 saturated carbocycles. The lowest BCUT2D eigenvalue weighted by molar-refractivity contribution is 0.425. The van der Waals surface area contributed by atoms with Crippen molar-refractivity contribution in [2.75, 3.05) is 37.8 Å². The summed E-state index contributed by atoms with van der Waals surface area (Å²) in [6.07, 6.45) is 0. The highest BCUT2D eigenvalue weighted by Gasteiger charge is 2.16. The Hall–Kier alpha value is -3.05. The number of sulfonamides is 1. The second-order valence-corrected chi connectivity index (χ2v) is 10.3. The molecule has 8 nitrogen and oxygen atoms in total. The largest absolute Gasteiger partial charge is 0.365 e. The van der Waals surface area contributed by atoms with E-state index in [0.717, 1.165) is 45.8 Å². The third-order valence-electron chi connectivity index (χ3n) is 5.07. The maximum atomic E-state index is 11.5. The molecule has 33 heavy (non-hydrogen) atoms. The van der Waals surface area contributed by atoms with E-state index in [0.29, 0.717) is 12.5 Å². The zero-order chi connectivity index (χ0) is 23.4. The molecule has 0 amide bonds. The predicted molar refractivity (Wildman–Crippen MR) is 135 cm³/mol. The highest BCUT2D eigenvalue weighted by molar-refractivity contribution is 7.89. The van der Waals surface area contributed by atoms with Crippen LogP contribution in [0.5, 0.6) is 0 Å². The van der Waals surface area contributed by atoms with Crippen LogP contribution in [0.15, 0.2) is 64.9 Å². The van der Waals surface area contributed by atoms with Crippen molar-refractivity contribution >= 4 is 43.3 Å². The van der Waals surface area contributed by atoms with Gasteiger partial charge >= 0.3 is 0 Å². The van der Waals surface area contributed by atoms with Crippen molar-refractivity contribution in [2.45, 2.75) is 11.4 Å². The molecule has 0 saturated heterocycles. The molecule has 4 N–H and O–H groups in total. The van der Waals surface area contributed by atoms with Crippen molar-refractivity contribution in [3.05, 3.63) is 65.5 Å². The summed E-state index contributed by atoms with van der Waals surface area (Å²) in [6.45, 7) is 2.06. The number of benzene rings is 2. The number of primary sulfonamides is 1. The Kier molecular flexibility index (Phi) is 6.89. The monoisotopic (exact) mass is 482 g/mol. The number of rotatable bonds is 9. The first kappa shape index (κ1) is 23.1. The summed E-state index contributed by atoms with van der Waals surface area (Å²) in [5.41, 5.74) is 3.08. The van der Waals surface area contributed by atoms with Gasteiger partial charge in [-0.15, -0.1) is 11.3 Å². The maximum Gasteiger partial charge on any atom is 0.238 e. The van der Waals surface area contributed by atoms with Crippen LogP contribution in [0.25, 0.3) is 21.3 Å². The molecule has 2 aromatic heterocycles. The Morgan fingerprint density at radius 2 is 1.73 bits per heavy atom. The zero-order valence-electron chi connectivity index (χ0n) is 18.4. The predicted octanol–water partition coefficient (Wildman–Crippen LogP) is 3.59. The van der Waals surface area contributed by atoms with Crippen molar-refractivity contribution in [3.8, 4) is 11.1 Å². The van der Waals surface area contributed by atoms with Gasteiger partial charge in [-0.3, -0.25) is 0 Å². The van der Waals surface area contributed by atoms with Gasteiger partial charge in [0.1, 0.15) is 10.6 Å². The van der Waals surface area contributed by atoms with E-state index in [1.807, 2.05) is 32.3 Å². The van der Waals surface area contributed by atoms with Crippen LogP contribution in [-0.2, 0) is 16.6 Å². The summed E-state index contributed by atoms with van der Waals surface area (Å²) in [5, 5.41) is 15.0. The number of nitrogens with two attached hydrogens (primary N) is 1. The first-order valence-corrected chi connectivity index (χ1v) is 12.8. The third kappa shape index (κ3) is 5.66. The molecule has 10 heteroatoms. The van der Waals surface area contributed by atoms with Crippen LogP contribution < -0.4 is 15.8 Å². The van der Waals surface area contributed by atoms with Crippen LogP contribution >= 0.6 is 11.3 Å². The van der Waals surface area contributed by atoms with Gasteiger partial charge in [0.25, 0.3) is 0 Å². The Bertz CT molecular complexity index is 1340. The average Bonchev–Trinajstić information content (AvgIpc) is 3.22. The molecule has 0 aliphatic heterocycles. The quantitative estimate of drug-likeness (QED) is 0.334. The molecule has 2 heterocycles. The summed E-state index contributed by atoms with van der Waals surface area (Å²) in [5.74, 6) is 1.29. The number of hydrogen-bond donors (Lipinski definition) is 3. The molecule has 0 aliphatic carbocycles. The van der Waals surface area contributed by atoms with Crippen LogP contribution in [0.1, 0.15) is 5.56 Å². The van der Waals surface area contributed by atoms with E-state index in [4.69, 9.17) is 15.1 Å². The first-order chi connectivity index (χ1) is 15.8. The molecule has 2 aromatic carbocycles. The Balaban J connectivity index is 1.66. The van der Waals surface area contributed by atoms with E-state index in [1.165, 1.54) is 12.1 Å². The normalized spacial score (nSPS) is 11.8. The first-order valence-electron chi connectivity index (χ1n) is 10.4. The molecule has 0 atom stereocenters. The molecule has 4 rings (SSSR count). The van der Waals surface area contributed by atoms with E-state index in [1.54, 1.807) is 23.5 Å². The summed E-state index contributed by atoms with van der Waals surface area (Å²) in [6, 6.07) is 16.7. The molecule has 0 radical (unpaired) electrons. The SMILES string of the molecule is CN(C)CCNc1nc(NCc2ccc(S(N)(=O)=O)cc2)c2c(-c3ccccc3)csc2n1. The average molecular weight is 483 g/mol. The number of hydrogen-bond acceptors (Lipinski definition) is 8. The molecular formula is C23H26N6O2S2. The van der Waals surface area contributed by atoms with E-state index < -0.39 is 10.0 Å². The van der Waals surface area contributed by atoms with Crippen molar-refractivity contribution in [3.63, 3.8) is 0 Å². The van der Waals surface area contributed by atoms with E-state index in [2.05, 4.69) is 33.0 Å². The third-order valence-corrected chi connectivity index (χ3v) is 6.87. The zero-order valence-corrected chi connectivity index (χ0v) is 20.1. The number of aromatic nitrogens is 2. The highest BCUT2D eigenvalue weighted by Crippen LogP contribution is 2.37. The van der Waals surface area contributed by atoms with Crippen molar-refractivity contribution < 1.29 is 8.42 Å². The van der Waals surface area contributed by atoms with Crippen LogP contribution in [0.4, 0.5) is 11.8 Å². The van der Waals surface area contributed by atoms with Gasteiger partial charge in [0.15, 0.2) is 0 Å². The van der Waals surface area contributed by atoms with Gasteiger partial charge in [-0.1, -0.05) is 42.5 Å². The number of thiophene rings is 1. The Labute approximate surface area is 197 Å². The van der Waals surface area contributed by atoms with Gasteiger partial charge in [0, 0.05) is 30.6 Å². The topological polar surface area (TPSA) is 113 Å². The van der Waals surface area contributed by atoms with Gasteiger partial charge in [0.05, 0.1) is 10.3 Å². The number of fused-ring (bicyclic) bond motifs is 1. The number of likely N-dealkylation sites (N-methyl/N-ethyl adjacent to an activating group) is 1. The molecule has 0 spiro atoms. The maximum absolute atomic E-state index is 11.5. The van der Waals surface area contributed by atoms with Gasteiger partial charge in [-0.2, -0.15) is 4.98 Å². The molecule has 0 bridgehead atoms. The fourth-order valence-corrected chi connectivity index (χ4v) is 4.82. The van der Waals surface area contributed by atoms with E-state index in [9.17, 15) is 8.42 Å². The van der Waals surface area contributed by atoms with Gasteiger partial charge in [0.2, 0.25) is 16.0 Å². The second kappa shape index (κ2) is 9.84. The van der Waals surface area contributed by atoms with Crippen LogP contribution in [-0.4, -0.2) is 50.5 Å². The summed E-state index contributed by atoms with van der Waals surface area (Å²) in [7, 11) is 0.322. The van der Waals surface area contributed by atoms with Crippen molar-refractivity contribution in [2.24, 2.45) is 5.14 Å². The molecule has 0 unspecified atom stereocenters. The minimum atomic E-state index is -3.72. The number of nitrogens with one attached hydrogen (secondary N) is 2. The molecule has 172 valence electrons. The van der Waals surface area contributed by atoms with Crippen molar-refractivity contribution in [1.82, 2.24) is 14.9 Å². The Morgan fingerprint density at radius 1 is 1.00 bits per heavy atom. The highest BCUT2D eigenvalue weighted by atomic mass is 32.2. The lowest BCUT2D eigenvalue weighted by Crippen LogP contribution is -2.21. The lowest BCUT2D eigenvalue weighted by Gasteiger charge is -2.13. The molecule has 0 aliphatic rings. The Morgan fingerprint density at radius 3 is 2.39 bits per heavy atom. The number of anilines is 2. The molecular weight excluding hydrogens is 456 g/mol. The fourth-order valence-electron chi connectivity index (χ4n) is 3.35. The summed E-state index contributed by atoms with van der Waals surface area (Å²) in [4.78, 5) is 12.6. The van der Waals surface area contributed by atoms with Crippen LogP contribution in [0, 0.1) is 0 Å². The second-order valence-electron chi connectivity index (χ2n) is 7.86. The molecule has 0 fully saturated rings. The fraction of sp³-hybridized carbons (Fsp3) is 0.217. The van der Waals surface area contributed by atoms with Gasteiger partial charge in [-0.25, -0.2) is 18.5 Å². The number of nitrogens with zero attached hydrogens (tertiary/aromatic N) is 3. The van der Waals surface area contributed by atoms with Gasteiger partial charge < -0.3 is 15.5 Å². The molecule has 4 aromatic rings. The van der Waals surface area contributed by atoms with Crippen molar-refractivity contribution in [1.29, 1.82) is 0 Å². The smallest absolute Gasteiger partial charge is 0.238 e. The van der Waals surface area contributed by atoms with Crippen LogP contribution in [0.2, 0.25) is 0 Å². The van der Waals surface area contributed by atoms with Gasteiger partial charge in [-0.05, 0) is 37.4 Å². The lowest BCUT2D eigenvalue weighted by atomic mass is 10.1. The van der Waals surface area contributed by atoms with Crippen LogP contribution in [0.3, 0.4) is 0 Å². The minimum Gasteiger partial charge on any atom is -0.365 e. The minimum absolute atomic E-state index is 0.0900. The summed E-state index contributed by atoms with van der Waals surface area (Å²) >= 11 is 1.58. The van der Waals surface area contributed by atoms with E-state index in [-0.39, 0.29) is 4.90 Å². The summed E-state index contributed by atoms with van der Waals surface area (Å²) < 4.78 is 23.0. The van der Waals surface area contributed by atoms with E-state index >= 15 is 0 Å².